The fraction of sp³-hybridized carbons (Fsp3) is 0.143. The highest BCUT2D eigenvalue weighted by Crippen LogP contribution is 2.20. The van der Waals surface area contributed by atoms with Gasteiger partial charge in [0, 0.05) is 12.1 Å². The van der Waals surface area contributed by atoms with Crippen LogP contribution in [0.1, 0.15) is 5.56 Å². The van der Waals surface area contributed by atoms with Gasteiger partial charge in [-0.25, -0.2) is 22.0 Å². The number of hydrogen-bond acceptors (Lipinski definition) is 1. The molecule has 0 aromatic heterocycles. The zero-order valence-electron chi connectivity index (χ0n) is 11.1. The van der Waals surface area contributed by atoms with Crippen molar-refractivity contribution in [1.29, 1.82) is 0 Å². The molecule has 0 atom stereocenters. The molecule has 0 fully saturated rings. The van der Waals surface area contributed by atoms with Crippen molar-refractivity contribution in [3.8, 4) is 5.75 Å². The van der Waals surface area contributed by atoms with Gasteiger partial charge in [-0.3, -0.25) is 0 Å². The second-order valence-corrected chi connectivity index (χ2v) is 4.35. The lowest BCUT2D eigenvalue weighted by Gasteiger charge is -2.11. The molecule has 0 aliphatic rings. The van der Waals surface area contributed by atoms with E-state index in [1.165, 1.54) is 6.92 Å². The Morgan fingerprint density at radius 3 is 2.19 bits per heavy atom. The Hall–Kier alpha value is -2.05. The minimum absolute atomic E-state index is 0.0125. The Balaban J connectivity index is 2.55. The van der Waals surface area contributed by atoms with Gasteiger partial charge in [-0.05, 0) is 24.0 Å². The van der Waals surface area contributed by atoms with E-state index in [0.717, 1.165) is 20.5 Å². The first kappa shape index (κ1) is 15.3. The van der Waals surface area contributed by atoms with E-state index < -0.39 is 40.3 Å². The summed E-state index contributed by atoms with van der Waals surface area (Å²) < 4.78 is 72.1. The minimum Gasteiger partial charge on any atom is -0.491 e. The standard InChI is InChI=1S/C14H9BF5O/c1-6-8(3-7(16)4-9(6)17)15-12-10(18)5-11(19)14(21-2)13(12)20/h3-5H,1-2H3. The van der Waals surface area contributed by atoms with E-state index in [0.29, 0.717) is 12.1 Å². The molecule has 21 heavy (non-hydrogen) atoms. The summed E-state index contributed by atoms with van der Waals surface area (Å²) in [6, 6.07) is 2.02. The van der Waals surface area contributed by atoms with Crippen LogP contribution in [0.15, 0.2) is 18.2 Å². The second kappa shape index (κ2) is 5.75. The number of ether oxygens (including phenoxy) is 1. The SMILES string of the molecule is COc1c(F)cc(F)c([B]c2cc(F)cc(F)c2C)c1F. The molecule has 0 aliphatic heterocycles. The van der Waals surface area contributed by atoms with Gasteiger partial charge in [0.05, 0.1) is 7.11 Å². The lowest BCUT2D eigenvalue weighted by atomic mass is 9.62. The van der Waals surface area contributed by atoms with Gasteiger partial charge in [0.15, 0.2) is 24.7 Å². The highest BCUT2D eigenvalue weighted by Gasteiger charge is 2.21. The van der Waals surface area contributed by atoms with E-state index in [2.05, 4.69) is 4.74 Å². The van der Waals surface area contributed by atoms with Crippen LogP contribution >= 0.6 is 0 Å². The largest absolute Gasteiger partial charge is 0.491 e. The summed E-state index contributed by atoms with van der Waals surface area (Å²) in [7, 11) is 1.92. The highest BCUT2D eigenvalue weighted by atomic mass is 19.2. The van der Waals surface area contributed by atoms with Crippen molar-refractivity contribution < 1.29 is 26.7 Å². The molecule has 0 saturated carbocycles. The Morgan fingerprint density at radius 1 is 0.905 bits per heavy atom. The molecular weight excluding hydrogens is 290 g/mol. The molecular formula is C14H9BF5O. The molecule has 1 radical (unpaired) electrons. The third-order valence-corrected chi connectivity index (χ3v) is 3.02. The summed E-state index contributed by atoms with van der Waals surface area (Å²) >= 11 is 0. The maximum Gasteiger partial charge on any atom is 0.200 e. The normalized spacial score (nSPS) is 10.6. The van der Waals surface area contributed by atoms with Gasteiger partial charge in [-0.2, -0.15) is 0 Å². The summed E-state index contributed by atoms with van der Waals surface area (Å²) in [5.41, 5.74) is -0.682. The summed E-state index contributed by atoms with van der Waals surface area (Å²) in [5.74, 6) is -6.19. The summed E-state index contributed by atoms with van der Waals surface area (Å²) in [6.45, 7) is 1.33. The Morgan fingerprint density at radius 2 is 1.57 bits per heavy atom. The maximum absolute atomic E-state index is 14.0. The maximum atomic E-state index is 14.0. The van der Waals surface area contributed by atoms with Crippen LogP contribution in [-0.4, -0.2) is 14.4 Å². The third kappa shape index (κ3) is 2.86. The van der Waals surface area contributed by atoms with Crippen LogP contribution < -0.4 is 15.7 Å². The molecule has 2 aromatic carbocycles. The van der Waals surface area contributed by atoms with E-state index >= 15 is 0 Å². The topological polar surface area (TPSA) is 9.23 Å². The van der Waals surface area contributed by atoms with Crippen LogP contribution in [0.4, 0.5) is 22.0 Å². The van der Waals surface area contributed by atoms with Crippen LogP contribution in [0.3, 0.4) is 0 Å². The molecule has 0 bridgehead atoms. The molecule has 0 N–H and O–H groups in total. The predicted octanol–water partition coefficient (Wildman–Crippen LogP) is 2.35. The van der Waals surface area contributed by atoms with Gasteiger partial charge >= 0.3 is 0 Å². The summed E-state index contributed by atoms with van der Waals surface area (Å²) in [4.78, 5) is 0. The van der Waals surface area contributed by atoms with Gasteiger partial charge in [-0.1, -0.05) is 5.46 Å². The van der Waals surface area contributed by atoms with Crippen LogP contribution in [0.5, 0.6) is 5.75 Å². The van der Waals surface area contributed by atoms with E-state index in [4.69, 9.17) is 0 Å². The van der Waals surface area contributed by atoms with Crippen molar-refractivity contribution >= 4 is 18.2 Å². The van der Waals surface area contributed by atoms with Crippen LogP contribution in [0.25, 0.3) is 0 Å². The Bertz CT molecular complexity index is 702. The van der Waals surface area contributed by atoms with Gasteiger partial charge in [0.25, 0.3) is 0 Å². The van der Waals surface area contributed by atoms with Crippen LogP contribution in [-0.2, 0) is 0 Å². The van der Waals surface area contributed by atoms with E-state index in [1.54, 1.807) is 0 Å². The smallest absolute Gasteiger partial charge is 0.200 e. The van der Waals surface area contributed by atoms with Crippen molar-refractivity contribution in [3.05, 3.63) is 52.8 Å². The van der Waals surface area contributed by atoms with Crippen molar-refractivity contribution in [1.82, 2.24) is 0 Å². The number of benzene rings is 2. The van der Waals surface area contributed by atoms with Gasteiger partial charge < -0.3 is 4.74 Å². The first-order chi connectivity index (χ1) is 9.85. The molecule has 7 heteroatoms. The molecule has 0 aliphatic carbocycles. The first-order valence-corrected chi connectivity index (χ1v) is 5.87. The molecule has 2 aromatic rings. The predicted molar refractivity (Wildman–Crippen MR) is 69.0 cm³/mol. The van der Waals surface area contributed by atoms with Crippen molar-refractivity contribution in [2.24, 2.45) is 0 Å². The number of halogens is 5. The number of rotatable bonds is 3. The minimum atomic E-state index is -1.28. The van der Waals surface area contributed by atoms with Gasteiger partial charge in [0.2, 0.25) is 0 Å². The Kier molecular flexibility index (Phi) is 4.20. The molecule has 0 heterocycles. The van der Waals surface area contributed by atoms with Crippen molar-refractivity contribution in [3.63, 3.8) is 0 Å². The monoisotopic (exact) mass is 299 g/mol. The van der Waals surface area contributed by atoms with Gasteiger partial charge in [-0.15, -0.1) is 0 Å². The molecule has 109 valence electrons. The molecule has 0 amide bonds. The lowest BCUT2D eigenvalue weighted by Crippen LogP contribution is -2.35. The molecule has 0 saturated heterocycles. The molecule has 0 unspecified atom stereocenters. The average molecular weight is 299 g/mol. The molecule has 0 spiro atoms. The third-order valence-electron chi connectivity index (χ3n) is 3.02. The van der Waals surface area contributed by atoms with Gasteiger partial charge in [0.1, 0.15) is 17.5 Å². The summed E-state index contributed by atoms with van der Waals surface area (Å²) in [5, 5.41) is 0. The quantitative estimate of drug-likeness (QED) is 0.624. The van der Waals surface area contributed by atoms with E-state index in [9.17, 15) is 22.0 Å². The molecule has 2 rings (SSSR count). The number of methoxy groups -OCH3 is 1. The van der Waals surface area contributed by atoms with Crippen LogP contribution in [0, 0.1) is 36.0 Å². The zero-order chi connectivity index (χ0) is 15.7. The Labute approximate surface area is 118 Å². The fourth-order valence-corrected chi connectivity index (χ4v) is 1.88. The summed E-state index contributed by atoms with van der Waals surface area (Å²) in [6.07, 6.45) is 0. The van der Waals surface area contributed by atoms with Crippen molar-refractivity contribution in [2.75, 3.05) is 7.11 Å². The second-order valence-electron chi connectivity index (χ2n) is 4.35. The lowest BCUT2D eigenvalue weighted by molar-refractivity contribution is 0.358. The number of hydrogen-bond donors (Lipinski definition) is 0. The molecule has 1 nitrogen and oxygen atoms in total. The first-order valence-electron chi connectivity index (χ1n) is 5.87. The zero-order valence-corrected chi connectivity index (χ0v) is 11.1. The van der Waals surface area contributed by atoms with Crippen LogP contribution in [0.2, 0.25) is 0 Å². The van der Waals surface area contributed by atoms with E-state index in [1.807, 2.05) is 0 Å². The van der Waals surface area contributed by atoms with Crippen molar-refractivity contribution in [2.45, 2.75) is 6.92 Å². The highest BCUT2D eigenvalue weighted by molar-refractivity contribution is 6.68. The fourth-order valence-electron chi connectivity index (χ4n) is 1.88. The average Bonchev–Trinajstić information content (AvgIpc) is 2.40. The van der Waals surface area contributed by atoms with E-state index in [-0.39, 0.29) is 11.0 Å².